The van der Waals surface area contributed by atoms with Crippen LogP contribution < -0.4 is 5.32 Å². The van der Waals surface area contributed by atoms with E-state index in [0.29, 0.717) is 16.7 Å². The molecule has 1 amide bonds. The van der Waals surface area contributed by atoms with Crippen molar-refractivity contribution in [3.8, 4) is 11.4 Å². The summed E-state index contributed by atoms with van der Waals surface area (Å²) in [5.74, 6) is 1.04. The maximum absolute atomic E-state index is 11.7. The largest absolute Gasteiger partial charge is 0.355 e. The fourth-order valence-electron chi connectivity index (χ4n) is 1.91. The molecule has 0 aliphatic rings. The minimum absolute atomic E-state index is 0.0248. The van der Waals surface area contributed by atoms with Crippen LogP contribution in [0.3, 0.4) is 0 Å². The second-order valence-electron chi connectivity index (χ2n) is 4.90. The normalized spacial score (nSPS) is 10.6. The highest BCUT2D eigenvalue weighted by Crippen LogP contribution is 2.18. The highest BCUT2D eigenvalue weighted by Gasteiger charge is 2.08. The van der Waals surface area contributed by atoms with E-state index in [1.165, 1.54) is 31.0 Å². The Morgan fingerprint density at radius 3 is 2.86 bits per heavy atom. The van der Waals surface area contributed by atoms with Crippen molar-refractivity contribution in [2.75, 3.05) is 12.3 Å². The van der Waals surface area contributed by atoms with Gasteiger partial charge in [0, 0.05) is 24.5 Å². The molecule has 0 saturated heterocycles. The van der Waals surface area contributed by atoms with Gasteiger partial charge in [-0.05, 0) is 18.6 Å². The van der Waals surface area contributed by atoms with Gasteiger partial charge in [0.05, 0.1) is 5.75 Å². The Hall–Kier alpha value is -1.89. The number of thioether (sulfide) groups is 1. The van der Waals surface area contributed by atoms with Gasteiger partial charge in [0.2, 0.25) is 11.1 Å². The number of pyridine rings is 1. The number of aromatic amines is 1. The van der Waals surface area contributed by atoms with E-state index in [9.17, 15) is 4.79 Å². The molecule has 0 atom stereocenters. The van der Waals surface area contributed by atoms with Gasteiger partial charge in [-0.3, -0.25) is 14.9 Å². The van der Waals surface area contributed by atoms with Gasteiger partial charge >= 0.3 is 0 Å². The van der Waals surface area contributed by atoms with Crippen molar-refractivity contribution in [2.45, 2.75) is 37.8 Å². The van der Waals surface area contributed by atoms with Crippen molar-refractivity contribution in [1.82, 2.24) is 25.5 Å². The lowest BCUT2D eigenvalue weighted by molar-refractivity contribution is -0.118. The third-order valence-corrected chi connectivity index (χ3v) is 3.95. The van der Waals surface area contributed by atoms with Crippen LogP contribution in [0.15, 0.2) is 29.7 Å². The zero-order chi connectivity index (χ0) is 15.6. The molecule has 0 fully saturated rings. The van der Waals surface area contributed by atoms with E-state index >= 15 is 0 Å². The van der Waals surface area contributed by atoms with Gasteiger partial charge in [0.1, 0.15) is 0 Å². The molecule has 2 aromatic heterocycles. The number of carbonyl (C=O) groups excluding carboxylic acids is 1. The number of nitrogens with one attached hydrogen (secondary N) is 2. The second kappa shape index (κ2) is 9.19. The molecule has 0 unspecified atom stereocenters. The summed E-state index contributed by atoms with van der Waals surface area (Å²) in [5, 5.41) is 10.5. The summed E-state index contributed by atoms with van der Waals surface area (Å²) in [6.45, 7) is 2.92. The number of amides is 1. The Bertz CT molecular complexity index is 572. The van der Waals surface area contributed by atoms with Gasteiger partial charge < -0.3 is 5.32 Å². The number of H-pyrrole nitrogens is 1. The first-order valence-corrected chi connectivity index (χ1v) is 8.50. The van der Waals surface area contributed by atoms with Gasteiger partial charge in [-0.25, -0.2) is 4.98 Å². The third kappa shape index (κ3) is 5.48. The number of hydrogen-bond donors (Lipinski definition) is 2. The van der Waals surface area contributed by atoms with Crippen molar-refractivity contribution >= 4 is 17.7 Å². The first-order valence-electron chi connectivity index (χ1n) is 7.52. The number of unbranched alkanes of at least 4 members (excludes halogenated alkanes) is 3. The molecule has 0 bridgehead atoms. The number of nitrogens with zero attached hydrogens (tertiary/aromatic N) is 3. The molecule has 0 saturated carbocycles. The Morgan fingerprint density at radius 2 is 2.09 bits per heavy atom. The van der Waals surface area contributed by atoms with Crippen LogP contribution in [-0.4, -0.2) is 38.4 Å². The number of hydrogen-bond acceptors (Lipinski definition) is 5. The van der Waals surface area contributed by atoms with Crippen LogP contribution in [0.1, 0.15) is 32.6 Å². The lowest BCUT2D eigenvalue weighted by atomic mass is 10.2. The summed E-state index contributed by atoms with van der Waals surface area (Å²) in [6.07, 6.45) is 8.04. The quantitative estimate of drug-likeness (QED) is 0.548. The van der Waals surface area contributed by atoms with Gasteiger partial charge in [0.15, 0.2) is 5.82 Å². The molecule has 0 aromatic carbocycles. The lowest BCUT2D eigenvalue weighted by Crippen LogP contribution is -2.26. The van der Waals surface area contributed by atoms with Crippen LogP contribution in [0.2, 0.25) is 0 Å². The Kier molecular flexibility index (Phi) is 6.89. The summed E-state index contributed by atoms with van der Waals surface area (Å²) < 4.78 is 0. The van der Waals surface area contributed by atoms with Gasteiger partial charge in [0.25, 0.3) is 0 Å². The Balaban J connectivity index is 1.71. The molecule has 6 nitrogen and oxygen atoms in total. The summed E-state index contributed by atoms with van der Waals surface area (Å²) >= 11 is 1.33. The third-order valence-electron chi connectivity index (χ3n) is 3.10. The topological polar surface area (TPSA) is 83.6 Å². The van der Waals surface area contributed by atoms with Gasteiger partial charge in [-0.15, -0.1) is 5.10 Å². The van der Waals surface area contributed by atoms with Crippen LogP contribution in [-0.2, 0) is 4.79 Å². The Morgan fingerprint density at radius 1 is 1.27 bits per heavy atom. The van der Waals surface area contributed by atoms with Crippen LogP contribution >= 0.6 is 11.8 Å². The highest BCUT2D eigenvalue weighted by atomic mass is 32.2. The first kappa shape index (κ1) is 16.5. The average molecular weight is 319 g/mol. The molecule has 2 rings (SSSR count). The molecule has 2 aromatic rings. The summed E-state index contributed by atoms with van der Waals surface area (Å²) in [5.41, 5.74) is 0.926. The molecule has 2 N–H and O–H groups in total. The van der Waals surface area contributed by atoms with Crippen LogP contribution in [0, 0.1) is 0 Å². The predicted molar refractivity (Wildman–Crippen MR) is 87.5 cm³/mol. The van der Waals surface area contributed by atoms with Gasteiger partial charge in [-0.1, -0.05) is 37.9 Å². The van der Waals surface area contributed by atoms with Crippen molar-refractivity contribution in [2.24, 2.45) is 0 Å². The molecule has 0 aliphatic carbocycles. The predicted octanol–water partition coefficient (Wildman–Crippen LogP) is 2.66. The van der Waals surface area contributed by atoms with E-state index in [4.69, 9.17) is 0 Å². The minimum atomic E-state index is 0.0248. The molecule has 22 heavy (non-hydrogen) atoms. The molecular formula is C15H21N5OS. The zero-order valence-electron chi connectivity index (χ0n) is 12.7. The zero-order valence-corrected chi connectivity index (χ0v) is 13.5. The van der Waals surface area contributed by atoms with Crippen molar-refractivity contribution < 1.29 is 4.79 Å². The summed E-state index contributed by atoms with van der Waals surface area (Å²) in [7, 11) is 0. The van der Waals surface area contributed by atoms with E-state index in [0.717, 1.165) is 18.5 Å². The maximum Gasteiger partial charge on any atom is 0.230 e. The molecule has 0 aliphatic heterocycles. The van der Waals surface area contributed by atoms with E-state index in [1.54, 1.807) is 12.4 Å². The van der Waals surface area contributed by atoms with E-state index in [2.05, 4.69) is 32.4 Å². The fraction of sp³-hybridized carbons (Fsp3) is 0.467. The van der Waals surface area contributed by atoms with Crippen molar-refractivity contribution in [1.29, 1.82) is 0 Å². The van der Waals surface area contributed by atoms with E-state index in [-0.39, 0.29) is 5.91 Å². The molecule has 118 valence electrons. The Labute approximate surface area is 134 Å². The van der Waals surface area contributed by atoms with E-state index < -0.39 is 0 Å². The number of rotatable bonds is 9. The molecular weight excluding hydrogens is 298 g/mol. The lowest BCUT2D eigenvalue weighted by Gasteiger charge is -2.03. The SMILES string of the molecule is CCCCCCNC(=O)CSc1n[nH]c(-c2ccncc2)n1. The smallest absolute Gasteiger partial charge is 0.230 e. The van der Waals surface area contributed by atoms with Crippen LogP contribution in [0.4, 0.5) is 0 Å². The van der Waals surface area contributed by atoms with Gasteiger partial charge in [-0.2, -0.15) is 0 Å². The van der Waals surface area contributed by atoms with Crippen molar-refractivity contribution in [3.05, 3.63) is 24.5 Å². The fourth-order valence-corrected chi connectivity index (χ4v) is 2.54. The number of aromatic nitrogens is 4. The second-order valence-corrected chi connectivity index (χ2v) is 5.84. The average Bonchev–Trinajstić information content (AvgIpc) is 3.02. The maximum atomic E-state index is 11.7. The first-order chi connectivity index (χ1) is 10.8. The molecule has 7 heteroatoms. The number of carbonyl (C=O) groups is 1. The van der Waals surface area contributed by atoms with Crippen LogP contribution in [0.25, 0.3) is 11.4 Å². The minimum Gasteiger partial charge on any atom is -0.355 e. The summed E-state index contributed by atoms with van der Waals surface area (Å²) in [4.78, 5) is 20.0. The monoisotopic (exact) mass is 319 g/mol. The van der Waals surface area contributed by atoms with E-state index in [1.807, 2.05) is 12.1 Å². The molecule has 0 radical (unpaired) electrons. The molecule has 2 heterocycles. The highest BCUT2D eigenvalue weighted by molar-refractivity contribution is 7.99. The summed E-state index contributed by atoms with van der Waals surface area (Å²) in [6, 6.07) is 3.72. The van der Waals surface area contributed by atoms with Crippen LogP contribution in [0.5, 0.6) is 0 Å². The van der Waals surface area contributed by atoms with Crippen molar-refractivity contribution in [3.63, 3.8) is 0 Å². The standard InChI is InChI=1S/C15H21N5OS/c1-2-3-4-5-8-17-13(21)11-22-15-18-14(19-20-15)12-6-9-16-10-7-12/h6-7,9-10H,2-5,8,11H2,1H3,(H,17,21)(H,18,19,20). The molecule has 0 spiro atoms.